The van der Waals surface area contributed by atoms with Crippen LogP contribution in [0.15, 0.2) is 128 Å². The van der Waals surface area contributed by atoms with Crippen molar-refractivity contribution in [3.8, 4) is 33.8 Å². The monoisotopic (exact) mass is 442 g/mol. The number of fused-ring (bicyclic) bond motifs is 2. The lowest BCUT2D eigenvalue weighted by Crippen LogP contribution is -1.99. The number of hydrogen-bond acceptors (Lipinski definition) is 4. The van der Waals surface area contributed by atoms with Gasteiger partial charge in [0.1, 0.15) is 22.7 Å². The third-order valence-electron chi connectivity index (χ3n) is 5.94. The highest BCUT2D eigenvalue weighted by Gasteiger charge is 2.09. The van der Waals surface area contributed by atoms with Crippen LogP contribution in [0, 0.1) is 0 Å². The van der Waals surface area contributed by atoms with Gasteiger partial charge in [0.2, 0.25) is 0 Å². The molecule has 2 aromatic heterocycles. The first-order chi connectivity index (χ1) is 16.7. The molecular formula is C30H18O4. The van der Waals surface area contributed by atoms with Gasteiger partial charge in [-0.3, -0.25) is 9.59 Å². The van der Waals surface area contributed by atoms with Crippen molar-refractivity contribution in [2.24, 2.45) is 0 Å². The van der Waals surface area contributed by atoms with Crippen molar-refractivity contribution in [1.82, 2.24) is 0 Å². The zero-order valence-electron chi connectivity index (χ0n) is 18.0. The normalized spacial score (nSPS) is 11.2. The Hall–Kier alpha value is -4.70. The smallest absolute Gasteiger partial charge is 0.193 e. The summed E-state index contributed by atoms with van der Waals surface area (Å²) in [7, 11) is 0. The molecule has 0 aliphatic heterocycles. The number of benzene rings is 4. The van der Waals surface area contributed by atoms with Crippen molar-refractivity contribution in [1.29, 1.82) is 0 Å². The quantitative estimate of drug-likeness (QED) is 0.299. The summed E-state index contributed by atoms with van der Waals surface area (Å²) in [6, 6.07) is 33.3. The van der Waals surface area contributed by atoms with E-state index in [0.29, 0.717) is 33.5 Å². The van der Waals surface area contributed by atoms with Crippen molar-refractivity contribution in [3.63, 3.8) is 0 Å². The van der Waals surface area contributed by atoms with E-state index in [9.17, 15) is 9.59 Å². The molecule has 0 atom stereocenters. The molecule has 34 heavy (non-hydrogen) atoms. The van der Waals surface area contributed by atoms with Crippen LogP contribution in [0.3, 0.4) is 0 Å². The van der Waals surface area contributed by atoms with Crippen molar-refractivity contribution < 1.29 is 8.83 Å². The first kappa shape index (κ1) is 19.9. The standard InChI is InChI=1S/C30H18O4/c31-25-17-29(33-27-7-3-1-5-23(25)27)21-13-9-19(10-14-21)20-11-15-22(16-12-20)30-18-26(32)24-6-2-4-8-28(24)34-30/h1-18H. The molecule has 0 radical (unpaired) electrons. The van der Waals surface area contributed by atoms with Gasteiger partial charge in [-0.25, -0.2) is 0 Å². The first-order valence-corrected chi connectivity index (χ1v) is 10.9. The molecule has 6 aromatic rings. The third kappa shape index (κ3) is 3.51. The lowest BCUT2D eigenvalue weighted by Gasteiger charge is -2.07. The SMILES string of the molecule is O=c1cc(-c2ccc(-c3ccc(-c4cc(=O)c5ccccc5o4)cc3)cc2)oc2ccccc12. The maximum Gasteiger partial charge on any atom is 0.193 e. The van der Waals surface area contributed by atoms with Crippen LogP contribution in [-0.4, -0.2) is 0 Å². The lowest BCUT2D eigenvalue weighted by molar-refractivity contribution is 0.618. The number of para-hydroxylation sites is 2. The van der Waals surface area contributed by atoms with Gasteiger partial charge in [-0.1, -0.05) is 72.8 Å². The highest BCUT2D eigenvalue weighted by Crippen LogP contribution is 2.28. The molecule has 162 valence electrons. The van der Waals surface area contributed by atoms with Gasteiger partial charge in [-0.15, -0.1) is 0 Å². The molecule has 4 aromatic carbocycles. The lowest BCUT2D eigenvalue weighted by atomic mass is 10.0. The van der Waals surface area contributed by atoms with Gasteiger partial charge in [0.25, 0.3) is 0 Å². The maximum absolute atomic E-state index is 12.4. The zero-order valence-corrected chi connectivity index (χ0v) is 18.0. The molecular weight excluding hydrogens is 424 g/mol. The summed E-state index contributed by atoms with van der Waals surface area (Å²) in [4.78, 5) is 24.8. The highest BCUT2D eigenvalue weighted by atomic mass is 16.3. The van der Waals surface area contributed by atoms with E-state index in [1.807, 2.05) is 72.8 Å². The molecule has 0 aliphatic carbocycles. The van der Waals surface area contributed by atoms with Crippen LogP contribution in [0.5, 0.6) is 0 Å². The topological polar surface area (TPSA) is 60.4 Å². The van der Waals surface area contributed by atoms with Crippen LogP contribution in [0.25, 0.3) is 55.7 Å². The Bertz CT molecular complexity index is 1640. The average molecular weight is 442 g/mol. The summed E-state index contributed by atoms with van der Waals surface area (Å²) in [6.45, 7) is 0. The predicted octanol–water partition coefficient (Wildman–Crippen LogP) is 6.90. The van der Waals surface area contributed by atoms with Crippen LogP contribution in [0.1, 0.15) is 0 Å². The van der Waals surface area contributed by atoms with Crippen molar-refractivity contribution in [3.05, 3.63) is 130 Å². The minimum atomic E-state index is -0.0585. The molecule has 4 nitrogen and oxygen atoms in total. The minimum absolute atomic E-state index is 0.0585. The van der Waals surface area contributed by atoms with Crippen LogP contribution in [0.2, 0.25) is 0 Å². The molecule has 2 heterocycles. The molecule has 4 heteroatoms. The fourth-order valence-electron chi connectivity index (χ4n) is 4.15. The first-order valence-electron chi connectivity index (χ1n) is 10.9. The third-order valence-corrected chi connectivity index (χ3v) is 5.94. The average Bonchev–Trinajstić information content (AvgIpc) is 2.89. The molecule has 0 saturated carbocycles. The molecule has 0 N–H and O–H groups in total. The Morgan fingerprint density at radius 1 is 0.412 bits per heavy atom. The highest BCUT2D eigenvalue weighted by molar-refractivity contribution is 5.80. The second kappa shape index (κ2) is 8.01. The summed E-state index contributed by atoms with van der Waals surface area (Å²) in [5, 5.41) is 1.15. The van der Waals surface area contributed by atoms with Gasteiger partial charge in [-0.05, 0) is 35.4 Å². The molecule has 0 amide bonds. The van der Waals surface area contributed by atoms with E-state index in [1.54, 1.807) is 24.3 Å². The Balaban J connectivity index is 1.31. The van der Waals surface area contributed by atoms with E-state index in [0.717, 1.165) is 22.3 Å². The van der Waals surface area contributed by atoms with Crippen molar-refractivity contribution >= 4 is 21.9 Å². The molecule has 0 spiro atoms. The van der Waals surface area contributed by atoms with Crippen LogP contribution in [0.4, 0.5) is 0 Å². The minimum Gasteiger partial charge on any atom is -0.456 e. The van der Waals surface area contributed by atoms with Crippen LogP contribution >= 0.6 is 0 Å². The Kier molecular flexibility index (Phi) is 4.70. The summed E-state index contributed by atoms with van der Waals surface area (Å²) in [5.74, 6) is 1.08. The van der Waals surface area contributed by atoms with Crippen LogP contribution < -0.4 is 10.9 Å². The van der Waals surface area contributed by atoms with Gasteiger partial charge in [0, 0.05) is 23.3 Å². The van der Waals surface area contributed by atoms with E-state index in [4.69, 9.17) is 8.83 Å². The summed E-state index contributed by atoms with van der Waals surface area (Å²) < 4.78 is 11.9. The molecule has 0 saturated heterocycles. The fourth-order valence-corrected chi connectivity index (χ4v) is 4.15. The number of hydrogen-bond donors (Lipinski definition) is 0. The molecule has 0 aliphatic rings. The van der Waals surface area contributed by atoms with Crippen molar-refractivity contribution in [2.45, 2.75) is 0 Å². The van der Waals surface area contributed by atoms with Crippen molar-refractivity contribution in [2.75, 3.05) is 0 Å². The Morgan fingerprint density at radius 2 is 0.765 bits per heavy atom. The van der Waals surface area contributed by atoms with E-state index in [2.05, 4.69) is 0 Å². The molecule has 6 rings (SSSR count). The summed E-state index contributed by atoms with van der Waals surface area (Å²) in [6.07, 6.45) is 0. The van der Waals surface area contributed by atoms with E-state index < -0.39 is 0 Å². The Morgan fingerprint density at radius 3 is 1.18 bits per heavy atom. The molecule has 0 bridgehead atoms. The largest absolute Gasteiger partial charge is 0.456 e. The molecule has 0 unspecified atom stereocenters. The van der Waals surface area contributed by atoms with Crippen LogP contribution in [-0.2, 0) is 0 Å². The summed E-state index contributed by atoms with van der Waals surface area (Å²) >= 11 is 0. The van der Waals surface area contributed by atoms with Gasteiger partial charge >= 0.3 is 0 Å². The predicted molar refractivity (Wildman–Crippen MR) is 135 cm³/mol. The Labute approximate surface area is 194 Å². The van der Waals surface area contributed by atoms with Gasteiger partial charge in [0.05, 0.1) is 10.8 Å². The van der Waals surface area contributed by atoms with Gasteiger partial charge < -0.3 is 8.83 Å². The second-order valence-electron chi connectivity index (χ2n) is 8.10. The summed E-state index contributed by atoms with van der Waals surface area (Å²) in [5.41, 5.74) is 4.75. The maximum atomic E-state index is 12.4. The van der Waals surface area contributed by atoms with E-state index in [1.165, 1.54) is 12.1 Å². The zero-order chi connectivity index (χ0) is 23.1. The second-order valence-corrected chi connectivity index (χ2v) is 8.10. The van der Waals surface area contributed by atoms with E-state index >= 15 is 0 Å². The number of rotatable bonds is 3. The van der Waals surface area contributed by atoms with Gasteiger partial charge in [0.15, 0.2) is 10.9 Å². The fraction of sp³-hybridized carbons (Fsp3) is 0. The van der Waals surface area contributed by atoms with Gasteiger partial charge in [-0.2, -0.15) is 0 Å². The molecule has 0 fully saturated rings. The van der Waals surface area contributed by atoms with E-state index in [-0.39, 0.29) is 10.9 Å².